The summed E-state index contributed by atoms with van der Waals surface area (Å²) in [5, 5.41) is 0.340. The zero-order valence-electron chi connectivity index (χ0n) is 13.8. The van der Waals surface area contributed by atoms with Gasteiger partial charge in [0.2, 0.25) is 5.88 Å². The molecule has 26 heavy (non-hydrogen) atoms. The van der Waals surface area contributed by atoms with E-state index in [4.69, 9.17) is 4.74 Å². The molecule has 0 N–H and O–H groups in total. The molecule has 3 rings (SSSR count). The molecular formula is C19H15F3N2OS. The molecule has 134 valence electrons. The van der Waals surface area contributed by atoms with Gasteiger partial charge < -0.3 is 4.74 Å². The smallest absolute Gasteiger partial charge is 0.416 e. The van der Waals surface area contributed by atoms with E-state index in [1.165, 1.54) is 6.07 Å². The van der Waals surface area contributed by atoms with Crippen LogP contribution in [0.25, 0.3) is 0 Å². The van der Waals surface area contributed by atoms with Gasteiger partial charge in [-0.25, -0.2) is 4.98 Å². The first-order valence-electron chi connectivity index (χ1n) is 7.78. The van der Waals surface area contributed by atoms with Gasteiger partial charge in [-0.2, -0.15) is 18.2 Å². The largest absolute Gasteiger partial charge is 0.473 e. The zero-order chi connectivity index (χ0) is 18.6. The Morgan fingerprint density at radius 1 is 0.962 bits per heavy atom. The summed E-state index contributed by atoms with van der Waals surface area (Å²) in [5.41, 5.74) is 0.976. The Kier molecular flexibility index (Phi) is 5.46. The third-order valence-electron chi connectivity index (χ3n) is 3.41. The summed E-state index contributed by atoms with van der Waals surface area (Å²) in [6, 6.07) is 16.4. The Morgan fingerprint density at radius 3 is 2.46 bits per heavy atom. The molecule has 0 spiro atoms. The van der Waals surface area contributed by atoms with Gasteiger partial charge in [0.25, 0.3) is 0 Å². The summed E-state index contributed by atoms with van der Waals surface area (Å²) in [6.45, 7) is 2.14. The molecule has 2 aromatic carbocycles. The predicted octanol–water partition coefficient (Wildman–Crippen LogP) is 5.53. The van der Waals surface area contributed by atoms with Gasteiger partial charge in [-0.05, 0) is 42.4 Å². The van der Waals surface area contributed by atoms with Crippen molar-refractivity contribution in [3.8, 4) is 5.88 Å². The van der Waals surface area contributed by atoms with E-state index in [-0.39, 0.29) is 0 Å². The van der Waals surface area contributed by atoms with Crippen molar-refractivity contribution in [2.45, 2.75) is 29.8 Å². The lowest BCUT2D eigenvalue weighted by atomic mass is 10.2. The Hall–Kier alpha value is -2.54. The predicted molar refractivity (Wildman–Crippen MR) is 93.1 cm³/mol. The third-order valence-corrected chi connectivity index (χ3v) is 4.27. The quantitative estimate of drug-likeness (QED) is 0.548. The maximum atomic E-state index is 12.8. The van der Waals surface area contributed by atoms with Crippen molar-refractivity contribution in [1.29, 1.82) is 0 Å². The van der Waals surface area contributed by atoms with Gasteiger partial charge in [-0.15, -0.1) is 0 Å². The standard InChI is InChI=1S/C19H15F3N2OS/c1-13-10-17(25-12-14-6-3-2-4-7-14)24-18(23-13)26-16-9-5-8-15(11-16)19(20,21)22/h2-11H,12H2,1H3. The van der Waals surface area contributed by atoms with Crippen molar-refractivity contribution < 1.29 is 17.9 Å². The second-order valence-corrected chi connectivity index (χ2v) is 6.57. The lowest BCUT2D eigenvalue weighted by Crippen LogP contribution is -2.04. The third kappa shape index (κ3) is 4.98. The van der Waals surface area contributed by atoms with Gasteiger partial charge >= 0.3 is 6.18 Å². The molecule has 0 radical (unpaired) electrons. The normalized spacial score (nSPS) is 11.4. The SMILES string of the molecule is Cc1cc(OCc2ccccc2)nc(Sc2cccc(C(F)(F)F)c2)n1. The average Bonchev–Trinajstić information content (AvgIpc) is 2.60. The second kappa shape index (κ2) is 7.78. The number of aryl methyl sites for hydroxylation is 1. The van der Waals surface area contributed by atoms with Crippen LogP contribution in [0.3, 0.4) is 0 Å². The van der Waals surface area contributed by atoms with Crippen LogP contribution in [0, 0.1) is 6.92 Å². The van der Waals surface area contributed by atoms with Gasteiger partial charge in [0, 0.05) is 16.7 Å². The molecule has 0 amide bonds. The van der Waals surface area contributed by atoms with Crippen LogP contribution >= 0.6 is 11.8 Å². The summed E-state index contributed by atoms with van der Waals surface area (Å²) in [4.78, 5) is 8.97. The molecule has 0 saturated heterocycles. The maximum Gasteiger partial charge on any atom is 0.416 e. The average molecular weight is 376 g/mol. The summed E-state index contributed by atoms with van der Waals surface area (Å²) in [5.74, 6) is 0.385. The molecule has 1 aromatic heterocycles. The fourth-order valence-electron chi connectivity index (χ4n) is 2.21. The summed E-state index contributed by atoms with van der Waals surface area (Å²) < 4.78 is 44.2. The summed E-state index contributed by atoms with van der Waals surface area (Å²) >= 11 is 1.07. The molecule has 0 aliphatic rings. The van der Waals surface area contributed by atoms with E-state index in [0.717, 1.165) is 29.5 Å². The van der Waals surface area contributed by atoms with Crippen molar-refractivity contribution in [2.75, 3.05) is 0 Å². The molecule has 7 heteroatoms. The van der Waals surface area contributed by atoms with Crippen LogP contribution in [0.5, 0.6) is 5.88 Å². The highest BCUT2D eigenvalue weighted by molar-refractivity contribution is 7.99. The van der Waals surface area contributed by atoms with E-state index in [1.54, 1.807) is 19.1 Å². The lowest BCUT2D eigenvalue weighted by Gasteiger charge is -2.10. The molecule has 1 heterocycles. The molecular weight excluding hydrogens is 361 g/mol. The van der Waals surface area contributed by atoms with Crippen molar-refractivity contribution in [3.05, 3.63) is 77.5 Å². The van der Waals surface area contributed by atoms with E-state index in [0.29, 0.717) is 28.2 Å². The number of nitrogens with zero attached hydrogens (tertiary/aromatic N) is 2. The van der Waals surface area contributed by atoms with E-state index in [1.807, 2.05) is 30.3 Å². The van der Waals surface area contributed by atoms with Crippen LogP contribution < -0.4 is 4.74 Å². The number of ether oxygens (including phenoxy) is 1. The highest BCUT2D eigenvalue weighted by Gasteiger charge is 2.30. The van der Waals surface area contributed by atoms with Crippen molar-refractivity contribution >= 4 is 11.8 Å². The Balaban J connectivity index is 1.75. The second-order valence-electron chi connectivity index (χ2n) is 5.53. The molecule has 0 unspecified atom stereocenters. The highest BCUT2D eigenvalue weighted by atomic mass is 32.2. The van der Waals surface area contributed by atoms with Crippen LogP contribution in [0.4, 0.5) is 13.2 Å². The lowest BCUT2D eigenvalue weighted by molar-refractivity contribution is -0.137. The number of alkyl halides is 3. The number of rotatable bonds is 5. The molecule has 0 fully saturated rings. The van der Waals surface area contributed by atoms with Crippen LogP contribution in [0.15, 0.2) is 70.7 Å². The van der Waals surface area contributed by atoms with E-state index in [9.17, 15) is 13.2 Å². The minimum Gasteiger partial charge on any atom is -0.473 e. The number of aromatic nitrogens is 2. The van der Waals surface area contributed by atoms with Crippen LogP contribution in [0.2, 0.25) is 0 Å². The van der Waals surface area contributed by atoms with Crippen LogP contribution in [-0.4, -0.2) is 9.97 Å². The molecule has 3 nitrogen and oxygen atoms in total. The first-order chi connectivity index (χ1) is 12.4. The highest BCUT2D eigenvalue weighted by Crippen LogP contribution is 2.33. The van der Waals surface area contributed by atoms with Crippen LogP contribution in [-0.2, 0) is 12.8 Å². The number of benzene rings is 2. The molecule has 0 aliphatic carbocycles. The molecule has 0 saturated carbocycles. The molecule has 0 atom stereocenters. The van der Waals surface area contributed by atoms with Gasteiger partial charge in [-0.3, -0.25) is 0 Å². The van der Waals surface area contributed by atoms with Gasteiger partial charge in [-0.1, -0.05) is 36.4 Å². The first-order valence-corrected chi connectivity index (χ1v) is 8.59. The van der Waals surface area contributed by atoms with E-state index >= 15 is 0 Å². The Labute approximate surface area is 153 Å². The fourth-order valence-corrected chi connectivity index (χ4v) is 3.07. The Morgan fingerprint density at radius 2 is 1.73 bits per heavy atom. The van der Waals surface area contributed by atoms with Gasteiger partial charge in [0.15, 0.2) is 5.16 Å². The maximum absolute atomic E-state index is 12.8. The van der Waals surface area contributed by atoms with Crippen molar-refractivity contribution in [2.24, 2.45) is 0 Å². The minimum atomic E-state index is -4.38. The van der Waals surface area contributed by atoms with Gasteiger partial charge in [0.1, 0.15) is 6.61 Å². The first kappa shape index (κ1) is 18.3. The number of hydrogen-bond acceptors (Lipinski definition) is 4. The van der Waals surface area contributed by atoms with E-state index in [2.05, 4.69) is 9.97 Å². The Bertz CT molecular complexity index is 885. The topological polar surface area (TPSA) is 35.0 Å². The summed E-state index contributed by atoms with van der Waals surface area (Å²) in [6.07, 6.45) is -4.38. The summed E-state index contributed by atoms with van der Waals surface area (Å²) in [7, 11) is 0. The minimum absolute atomic E-state index is 0.340. The molecule has 0 bridgehead atoms. The van der Waals surface area contributed by atoms with Crippen molar-refractivity contribution in [3.63, 3.8) is 0 Å². The monoisotopic (exact) mass is 376 g/mol. The zero-order valence-corrected chi connectivity index (χ0v) is 14.6. The fraction of sp³-hybridized carbons (Fsp3) is 0.158. The molecule has 0 aliphatic heterocycles. The van der Waals surface area contributed by atoms with E-state index < -0.39 is 11.7 Å². The number of hydrogen-bond donors (Lipinski definition) is 0. The van der Waals surface area contributed by atoms with Crippen LogP contribution in [0.1, 0.15) is 16.8 Å². The molecule has 3 aromatic rings. The number of halogens is 3. The van der Waals surface area contributed by atoms with Crippen molar-refractivity contribution in [1.82, 2.24) is 9.97 Å². The van der Waals surface area contributed by atoms with Gasteiger partial charge in [0.05, 0.1) is 5.56 Å².